The highest BCUT2D eigenvalue weighted by atomic mass is 15.3. The second kappa shape index (κ2) is 7.86. The molecule has 2 aromatic carbocycles. The number of benzene rings is 2. The summed E-state index contributed by atoms with van der Waals surface area (Å²) in [5.74, 6) is 2.13. The molecule has 6 aliphatic rings. The third-order valence-corrected chi connectivity index (χ3v) is 9.41. The molecule has 182 valence electrons. The van der Waals surface area contributed by atoms with Crippen LogP contribution >= 0.6 is 0 Å². The lowest BCUT2D eigenvalue weighted by Gasteiger charge is -2.42. The largest absolute Gasteiger partial charge is 0.366 e. The smallest absolute Gasteiger partial charge is 0.0778 e. The Morgan fingerprint density at radius 1 is 0.865 bits per heavy atom. The number of piperidine rings is 1. The number of fused-ring (bicyclic) bond motifs is 9. The highest BCUT2D eigenvalue weighted by Gasteiger charge is 2.63. The van der Waals surface area contributed by atoms with Gasteiger partial charge in [-0.3, -0.25) is 0 Å². The first kappa shape index (κ1) is 21.3. The van der Waals surface area contributed by atoms with Gasteiger partial charge >= 0.3 is 0 Å². The van der Waals surface area contributed by atoms with Crippen molar-refractivity contribution in [2.24, 2.45) is 23.7 Å². The van der Waals surface area contributed by atoms with Crippen LogP contribution in [0.1, 0.15) is 36.6 Å². The predicted octanol–water partition coefficient (Wildman–Crippen LogP) is 7.52. The Morgan fingerprint density at radius 2 is 1.70 bits per heavy atom. The van der Waals surface area contributed by atoms with E-state index in [4.69, 9.17) is 0 Å². The van der Waals surface area contributed by atoms with Crippen LogP contribution in [0, 0.1) is 23.7 Å². The van der Waals surface area contributed by atoms with Crippen molar-refractivity contribution in [3.63, 3.8) is 0 Å². The van der Waals surface area contributed by atoms with Gasteiger partial charge in [-0.05, 0) is 47.3 Å². The van der Waals surface area contributed by atoms with Crippen LogP contribution in [0.25, 0.3) is 11.6 Å². The van der Waals surface area contributed by atoms with Gasteiger partial charge in [0.05, 0.1) is 6.04 Å². The lowest BCUT2D eigenvalue weighted by molar-refractivity contribution is 0.261. The lowest BCUT2D eigenvalue weighted by atomic mass is 9.75. The molecule has 2 aliphatic carbocycles. The van der Waals surface area contributed by atoms with Gasteiger partial charge in [0.15, 0.2) is 0 Å². The summed E-state index contributed by atoms with van der Waals surface area (Å²) in [6.07, 6.45) is 21.6. The van der Waals surface area contributed by atoms with Gasteiger partial charge < -0.3 is 9.80 Å². The van der Waals surface area contributed by atoms with Crippen LogP contribution in [0.2, 0.25) is 0 Å². The van der Waals surface area contributed by atoms with Crippen LogP contribution in [0.4, 0.5) is 0 Å². The summed E-state index contributed by atoms with van der Waals surface area (Å²) in [5.41, 5.74) is 11.4. The van der Waals surface area contributed by atoms with E-state index in [2.05, 4.69) is 133 Å². The summed E-state index contributed by atoms with van der Waals surface area (Å²) in [7, 11) is 0. The van der Waals surface area contributed by atoms with Crippen molar-refractivity contribution in [3.8, 4) is 0 Å². The van der Waals surface area contributed by atoms with Gasteiger partial charge in [-0.2, -0.15) is 0 Å². The first-order valence-electron chi connectivity index (χ1n) is 13.8. The summed E-state index contributed by atoms with van der Waals surface area (Å²) in [6, 6.07) is 20.7. The predicted molar refractivity (Wildman–Crippen MR) is 152 cm³/mol. The first-order valence-corrected chi connectivity index (χ1v) is 13.8. The molecule has 2 heteroatoms. The molecule has 4 heterocycles. The second-order valence-corrected chi connectivity index (χ2v) is 11.4. The summed E-state index contributed by atoms with van der Waals surface area (Å²) in [6.45, 7) is 5.69. The summed E-state index contributed by atoms with van der Waals surface area (Å²) in [4.78, 5) is 5.34. The molecular weight excluding hydrogens is 448 g/mol. The van der Waals surface area contributed by atoms with Crippen molar-refractivity contribution in [1.82, 2.24) is 9.80 Å². The molecule has 37 heavy (non-hydrogen) atoms. The van der Waals surface area contributed by atoms with E-state index >= 15 is 0 Å². The summed E-state index contributed by atoms with van der Waals surface area (Å²) in [5, 5.41) is 0. The molecule has 6 atom stereocenters. The van der Waals surface area contributed by atoms with E-state index in [1.54, 1.807) is 5.57 Å². The molecular formula is C35H32N2. The maximum atomic E-state index is 2.73. The van der Waals surface area contributed by atoms with E-state index in [1.165, 1.54) is 39.2 Å². The first-order chi connectivity index (χ1) is 18.2. The molecule has 2 fully saturated rings. The fraction of sp³-hybridized carbons (Fsp3) is 0.257. The van der Waals surface area contributed by atoms with Gasteiger partial charge in [0.25, 0.3) is 0 Å². The van der Waals surface area contributed by atoms with E-state index < -0.39 is 0 Å². The Bertz CT molecular complexity index is 1510. The van der Waals surface area contributed by atoms with Crippen LogP contribution < -0.4 is 0 Å². The Kier molecular flexibility index (Phi) is 4.53. The van der Waals surface area contributed by atoms with Gasteiger partial charge in [-0.15, -0.1) is 0 Å². The molecule has 2 aromatic rings. The fourth-order valence-electron chi connectivity index (χ4n) is 7.72. The van der Waals surface area contributed by atoms with Crippen molar-refractivity contribution in [2.45, 2.75) is 25.9 Å². The zero-order valence-corrected chi connectivity index (χ0v) is 21.5. The quantitative estimate of drug-likeness (QED) is 0.439. The lowest BCUT2D eigenvalue weighted by Crippen LogP contribution is -2.40. The average molecular weight is 481 g/mol. The topological polar surface area (TPSA) is 6.48 Å². The number of hydrogen-bond acceptors (Lipinski definition) is 2. The van der Waals surface area contributed by atoms with E-state index in [0.717, 1.165) is 6.54 Å². The second-order valence-electron chi connectivity index (χ2n) is 11.4. The molecule has 6 unspecified atom stereocenters. The number of hydrogen-bond donors (Lipinski definition) is 0. The third-order valence-electron chi connectivity index (χ3n) is 9.41. The SMILES string of the molecule is CC1=CC2c3ccccc3C=C(C3C4C5=CC=CC(C)C5C5=CC=CCN5C43)N2C=C1c1ccccc1. The molecule has 1 saturated carbocycles. The Balaban J connectivity index is 1.27. The summed E-state index contributed by atoms with van der Waals surface area (Å²) < 4.78 is 0. The highest BCUT2D eigenvalue weighted by molar-refractivity contribution is 5.81. The van der Waals surface area contributed by atoms with Crippen molar-refractivity contribution >= 4 is 11.6 Å². The monoisotopic (exact) mass is 480 g/mol. The van der Waals surface area contributed by atoms with Gasteiger partial charge in [-0.1, -0.05) is 104 Å². The normalized spacial score (nSPS) is 32.4. The molecule has 0 N–H and O–H groups in total. The molecule has 4 aliphatic heterocycles. The Morgan fingerprint density at radius 3 is 2.59 bits per heavy atom. The average Bonchev–Trinajstić information content (AvgIpc) is 3.69. The fourth-order valence-corrected chi connectivity index (χ4v) is 7.72. The maximum Gasteiger partial charge on any atom is 0.0778 e. The Labute approximate surface area is 220 Å². The minimum absolute atomic E-state index is 0.248. The van der Waals surface area contributed by atoms with Crippen LogP contribution in [0.5, 0.6) is 0 Å². The van der Waals surface area contributed by atoms with Crippen LogP contribution in [-0.4, -0.2) is 22.4 Å². The minimum Gasteiger partial charge on any atom is -0.366 e. The van der Waals surface area contributed by atoms with E-state index in [1.807, 2.05) is 0 Å². The van der Waals surface area contributed by atoms with Gasteiger partial charge in [0.1, 0.15) is 0 Å². The summed E-state index contributed by atoms with van der Waals surface area (Å²) >= 11 is 0. The number of allylic oxidation sites excluding steroid dienone is 8. The molecule has 1 saturated heterocycles. The standard InChI is InChI=1S/C35H32N2/c1-22-11-10-16-27-32(22)29-17-8-9-18-36(29)35-33(27)34(35)31-20-25-14-6-7-15-26(25)30-19-23(2)28(21-37(30)31)24-12-4-3-5-13-24/h3-17,19-22,30,32-35H,18H2,1-2H3. The van der Waals surface area contributed by atoms with Crippen LogP contribution in [0.3, 0.4) is 0 Å². The number of rotatable bonds is 2. The molecule has 0 radical (unpaired) electrons. The molecule has 8 rings (SSSR count). The molecule has 0 aromatic heterocycles. The Hall–Kier alpha value is -3.78. The van der Waals surface area contributed by atoms with Gasteiger partial charge in [0, 0.05) is 53.5 Å². The molecule has 0 spiro atoms. The molecule has 0 amide bonds. The zero-order valence-electron chi connectivity index (χ0n) is 21.5. The van der Waals surface area contributed by atoms with Crippen molar-refractivity contribution in [3.05, 3.63) is 143 Å². The van der Waals surface area contributed by atoms with Crippen LogP contribution in [-0.2, 0) is 0 Å². The highest BCUT2D eigenvalue weighted by Crippen LogP contribution is 2.64. The maximum absolute atomic E-state index is 2.73. The number of nitrogens with zero attached hydrogens (tertiary/aromatic N) is 2. The van der Waals surface area contributed by atoms with E-state index in [-0.39, 0.29) is 6.04 Å². The van der Waals surface area contributed by atoms with Gasteiger partial charge in [-0.25, -0.2) is 0 Å². The minimum atomic E-state index is 0.248. The van der Waals surface area contributed by atoms with Crippen LogP contribution in [0.15, 0.2) is 126 Å². The van der Waals surface area contributed by atoms with E-state index in [9.17, 15) is 0 Å². The van der Waals surface area contributed by atoms with Crippen molar-refractivity contribution < 1.29 is 0 Å². The molecule has 0 bridgehead atoms. The van der Waals surface area contributed by atoms with Crippen molar-refractivity contribution in [1.29, 1.82) is 0 Å². The van der Waals surface area contributed by atoms with E-state index in [0.29, 0.717) is 29.7 Å². The molecule has 2 nitrogen and oxygen atoms in total. The third kappa shape index (κ3) is 3.05. The van der Waals surface area contributed by atoms with Crippen molar-refractivity contribution in [2.75, 3.05) is 6.54 Å². The van der Waals surface area contributed by atoms with Gasteiger partial charge in [0.2, 0.25) is 0 Å². The zero-order chi connectivity index (χ0) is 24.7.